The summed E-state index contributed by atoms with van der Waals surface area (Å²) in [4.78, 5) is 14.1. The van der Waals surface area contributed by atoms with Crippen LogP contribution in [0.2, 0.25) is 10.0 Å². The van der Waals surface area contributed by atoms with Crippen LogP contribution in [0.5, 0.6) is 0 Å². The molecule has 0 atom stereocenters. The summed E-state index contributed by atoms with van der Waals surface area (Å²) in [7, 11) is 0. The third kappa shape index (κ3) is 6.99. The summed E-state index contributed by atoms with van der Waals surface area (Å²) < 4.78 is 0. The van der Waals surface area contributed by atoms with E-state index in [1.165, 1.54) is 0 Å². The number of benzene rings is 1. The lowest BCUT2D eigenvalue weighted by Crippen LogP contribution is -2.38. The van der Waals surface area contributed by atoms with Crippen LogP contribution in [0.1, 0.15) is 39.2 Å². The van der Waals surface area contributed by atoms with E-state index in [0.29, 0.717) is 29.1 Å². The molecule has 0 aliphatic carbocycles. The first-order valence-corrected chi connectivity index (χ1v) is 8.64. The van der Waals surface area contributed by atoms with Crippen molar-refractivity contribution in [3.8, 4) is 0 Å². The minimum absolute atomic E-state index is 0.111. The van der Waals surface area contributed by atoms with Gasteiger partial charge in [0.05, 0.1) is 10.0 Å². The van der Waals surface area contributed by atoms with Crippen LogP contribution in [0, 0.1) is 0 Å². The zero-order valence-electron chi connectivity index (χ0n) is 13.7. The summed E-state index contributed by atoms with van der Waals surface area (Å²) in [6.07, 6.45) is 2.18. The molecule has 0 saturated heterocycles. The lowest BCUT2D eigenvalue weighted by Gasteiger charge is -2.24. The number of amides is 1. The van der Waals surface area contributed by atoms with Crippen LogP contribution in [-0.2, 0) is 11.2 Å². The van der Waals surface area contributed by atoms with E-state index in [4.69, 9.17) is 23.2 Å². The molecule has 0 fully saturated rings. The molecule has 5 heteroatoms. The Balaban J connectivity index is 2.22. The van der Waals surface area contributed by atoms with Crippen LogP contribution in [0.4, 0.5) is 0 Å². The van der Waals surface area contributed by atoms with Crippen molar-refractivity contribution in [3.05, 3.63) is 33.8 Å². The summed E-state index contributed by atoms with van der Waals surface area (Å²) in [6.45, 7) is 9.08. The molecule has 3 nitrogen and oxygen atoms in total. The number of likely N-dealkylation sites (N-methyl/N-ethyl adjacent to an activating group) is 1. The highest BCUT2D eigenvalue weighted by Crippen LogP contribution is 2.23. The highest BCUT2D eigenvalue weighted by molar-refractivity contribution is 6.42. The van der Waals surface area contributed by atoms with Crippen LogP contribution in [0.3, 0.4) is 0 Å². The van der Waals surface area contributed by atoms with Crippen molar-refractivity contribution in [2.75, 3.05) is 19.6 Å². The van der Waals surface area contributed by atoms with Crippen molar-refractivity contribution in [2.45, 2.75) is 46.1 Å². The van der Waals surface area contributed by atoms with Crippen LogP contribution in [-0.4, -0.2) is 36.5 Å². The van der Waals surface area contributed by atoms with Gasteiger partial charge in [-0.05, 0) is 50.9 Å². The lowest BCUT2D eigenvalue weighted by molar-refractivity contribution is -0.121. The molecule has 22 heavy (non-hydrogen) atoms. The van der Waals surface area contributed by atoms with Gasteiger partial charge >= 0.3 is 0 Å². The molecular formula is C17H26Cl2N2O. The second kappa shape index (κ2) is 10.1. The fourth-order valence-corrected chi connectivity index (χ4v) is 2.68. The predicted octanol–water partition coefficient (Wildman–Crippen LogP) is 4.16. The van der Waals surface area contributed by atoms with Gasteiger partial charge in [-0.15, -0.1) is 0 Å². The van der Waals surface area contributed by atoms with Crippen LogP contribution in [0.25, 0.3) is 0 Å². The summed E-state index contributed by atoms with van der Waals surface area (Å²) in [5.41, 5.74) is 1.11. The van der Waals surface area contributed by atoms with E-state index in [1.54, 1.807) is 6.07 Å². The van der Waals surface area contributed by atoms with Crippen molar-refractivity contribution in [2.24, 2.45) is 0 Å². The first kappa shape index (κ1) is 19.3. The molecule has 124 valence electrons. The number of hydrogen-bond donors (Lipinski definition) is 1. The third-order valence-electron chi connectivity index (χ3n) is 3.71. The van der Waals surface area contributed by atoms with Gasteiger partial charge in [0.15, 0.2) is 0 Å². The monoisotopic (exact) mass is 344 g/mol. The molecule has 0 saturated carbocycles. The first-order valence-electron chi connectivity index (χ1n) is 7.88. The van der Waals surface area contributed by atoms with Crippen molar-refractivity contribution in [1.82, 2.24) is 10.2 Å². The fourth-order valence-electron chi connectivity index (χ4n) is 2.36. The Morgan fingerprint density at radius 2 is 2.00 bits per heavy atom. The average molecular weight is 345 g/mol. The van der Waals surface area contributed by atoms with Crippen LogP contribution < -0.4 is 5.32 Å². The normalized spacial score (nSPS) is 11.2. The molecule has 0 radical (unpaired) electrons. The minimum Gasteiger partial charge on any atom is -0.355 e. The van der Waals surface area contributed by atoms with E-state index in [1.807, 2.05) is 12.1 Å². The van der Waals surface area contributed by atoms with Crippen LogP contribution in [0.15, 0.2) is 18.2 Å². The summed E-state index contributed by atoms with van der Waals surface area (Å²) in [5, 5.41) is 4.11. The maximum absolute atomic E-state index is 11.8. The fraction of sp³-hybridized carbons (Fsp3) is 0.588. The molecular weight excluding hydrogens is 319 g/mol. The van der Waals surface area contributed by atoms with Gasteiger partial charge in [0.25, 0.3) is 0 Å². The number of nitrogens with zero attached hydrogens (tertiary/aromatic N) is 1. The third-order valence-corrected chi connectivity index (χ3v) is 4.45. The Hall–Kier alpha value is -0.770. The molecule has 0 spiro atoms. The molecule has 0 aliphatic heterocycles. The number of carbonyl (C=O) groups excluding carboxylic acids is 1. The van der Waals surface area contributed by atoms with Gasteiger partial charge in [0.2, 0.25) is 5.91 Å². The van der Waals surface area contributed by atoms with Crippen molar-refractivity contribution < 1.29 is 4.79 Å². The number of aryl methyl sites for hydroxylation is 1. The molecule has 1 aromatic carbocycles. The minimum atomic E-state index is 0.111. The number of hydrogen-bond acceptors (Lipinski definition) is 2. The molecule has 0 heterocycles. The Kier molecular flexibility index (Phi) is 8.84. The van der Waals surface area contributed by atoms with E-state index in [2.05, 4.69) is 31.0 Å². The maximum atomic E-state index is 11.8. The number of nitrogens with one attached hydrogen (secondary N) is 1. The predicted molar refractivity (Wildman–Crippen MR) is 94.8 cm³/mol. The second-order valence-corrected chi connectivity index (χ2v) is 6.49. The topological polar surface area (TPSA) is 32.3 Å². The summed E-state index contributed by atoms with van der Waals surface area (Å²) >= 11 is 11.9. The zero-order chi connectivity index (χ0) is 16.5. The van der Waals surface area contributed by atoms with Gasteiger partial charge < -0.3 is 5.32 Å². The number of rotatable bonds is 9. The quantitative estimate of drug-likeness (QED) is 0.729. The largest absolute Gasteiger partial charge is 0.355 e. The number of carbonyl (C=O) groups is 1. The highest BCUT2D eigenvalue weighted by atomic mass is 35.5. The summed E-state index contributed by atoms with van der Waals surface area (Å²) in [5.74, 6) is 0.111. The van der Waals surface area contributed by atoms with Gasteiger partial charge in [-0.1, -0.05) is 36.2 Å². The smallest absolute Gasteiger partial charge is 0.220 e. The van der Waals surface area contributed by atoms with E-state index < -0.39 is 0 Å². The molecule has 1 amide bonds. The van der Waals surface area contributed by atoms with Crippen molar-refractivity contribution in [1.29, 1.82) is 0 Å². The zero-order valence-corrected chi connectivity index (χ0v) is 15.2. The molecule has 0 unspecified atom stereocenters. The Morgan fingerprint density at radius 3 is 2.59 bits per heavy atom. The average Bonchev–Trinajstić information content (AvgIpc) is 2.47. The first-order chi connectivity index (χ1) is 10.4. The van der Waals surface area contributed by atoms with Crippen LogP contribution >= 0.6 is 23.2 Å². The highest BCUT2D eigenvalue weighted by Gasteiger charge is 2.07. The molecule has 1 rings (SSSR count). The molecule has 0 bridgehead atoms. The van der Waals surface area contributed by atoms with Gasteiger partial charge in [0, 0.05) is 25.6 Å². The Bertz CT molecular complexity index is 478. The maximum Gasteiger partial charge on any atom is 0.220 e. The van der Waals surface area contributed by atoms with E-state index in [-0.39, 0.29) is 5.91 Å². The molecule has 0 aliphatic rings. The van der Waals surface area contributed by atoms with Gasteiger partial charge in [-0.25, -0.2) is 0 Å². The summed E-state index contributed by atoms with van der Waals surface area (Å²) in [6, 6.07) is 6.12. The Labute approximate surface area is 144 Å². The van der Waals surface area contributed by atoms with E-state index in [9.17, 15) is 4.79 Å². The van der Waals surface area contributed by atoms with Crippen molar-refractivity contribution in [3.63, 3.8) is 0 Å². The second-order valence-electron chi connectivity index (χ2n) is 5.67. The Morgan fingerprint density at radius 1 is 1.27 bits per heavy atom. The van der Waals surface area contributed by atoms with E-state index in [0.717, 1.165) is 31.5 Å². The molecule has 1 aromatic rings. The van der Waals surface area contributed by atoms with Gasteiger partial charge in [0.1, 0.15) is 0 Å². The number of halogens is 2. The van der Waals surface area contributed by atoms with Crippen molar-refractivity contribution >= 4 is 29.1 Å². The lowest BCUT2D eigenvalue weighted by atomic mass is 10.1. The molecule has 1 N–H and O–H groups in total. The van der Waals surface area contributed by atoms with Gasteiger partial charge in [-0.3, -0.25) is 9.69 Å². The van der Waals surface area contributed by atoms with Gasteiger partial charge in [-0.2, -0.15) is 0 Å². The molecule has 0 aromatic heterocycles. The standard InChI is InChI=1S/C17H26Cl2N2O/c1-4-21(13(2)3)11-10-20-17(22)7-5-6-14-8-9-15(18)16(19)12-14/h8-9,12-13H,4-7,10-11H2,1-3H3,(H,20,22). The van der Waals surface area contributed by atoms with E-state index >= 15 is 0 Å². The SMILES string of the molecule is CCN(CCNC(=O)CCCc1ccc(Cl)c(Cl)c1)C(C)C.